The molecule has 2 heterocycles. The Balaban J connectivity index is 2.33. The summed E-state index contributed by atoms with van der Waals surface area (Å²) in [7, 11) is -1.18. The lowest BCUT2D eigenvalue weighted by molar-refractivity contribution is 0.601. The van der Waals surface area contributed by atoms with Crippen molar-refractivity contribution in [1.29, 1.82) is 0 Å². The largest absolute Gasteiger partial charge is 0.369 e. The molecule has 0 spiro atoms. The molecule has 0 fully saturated rings. The van der Waals surface area contributed by atoms with E-state index in [9.17, 15) is 8.42 Å². The SMILES string of the molecule is CCNc1cn2ccnc2c(N(C)CCS(C)(=O)=O)n1. The van der Waals surface area contributed by atoms with Gasteiger partial charge >= 0.3 is 0 Å². The number of hydrogen-bond donors (Lipinski definition) is 1. The summed E-state index contributed by atoms with van der Waals surface area (Å²) in [5.74, 6) is 1.49. The molecule has 2 aromatic rings. The fourth-order valence-corrected chi connectivity index (χ4v) is 2.45. The third kappa shape index (κ3) is 3.38. The van der Waals surface area contributed by atoms with E-state index in [0.29, 0.717) is 18.0 Å². The molecule has 0 saturated heterocycles. The molecule has 0 aliphatic heterocycles. The number of imidazole rings is 1. The Morgan fingerprint density at radius 3 is 2.85 bits per heavy atom. The van der Waals surface area contributed by atoms with E-state index < -0.39 is 9.84 Å². The van der Waals surface area contributed by atoms with Crippen LogP contribution in [-0.4, -0.2) is 54.9 Å². The average Bonchev–Trinajstić information content (AvgIpc) is 2.82. The van der Waals surface area contributed by atoms with Gasteiger partial charge in [0.15, 0.2) is 11.5 Å². The first-order valence-electron chi connectivity index (χ1n) is 6.37. The van der Waals surface area contributed by atoms with Gasteiger partial charge in [-0.2, -0.15) is 0 Å². The summed E-state index contributed by atoms with van der Waals surface area (Å²) in [6.07, 6.45) is 6.63. The van der Waals surface area contributed by atoms with Crippen LogP contribution in [0.4, 0.5) is 11.6 Å². The van der Waals surface area contributed by atoms with Crippen LogP contribution in [0.15, 0.2) is 18.6 Å². The second-order valence-corrected chi connectivity index (χ2v) is 6.95. The van der Waals surface area contributed by atoms with Crippen LogP contribution >= 0.6 is 0 Å². The van der Waals surface area contributed by atoms with E-state index in [0.717, 1.165) is 12.4 Å². The number of nitrogens with zero attached hydrogens (tertiary/aromatic N) is 4. The minimum atomic E-state index is -3.00. The van der Waals surface area contributed by atoms with Crippen LogP contribution in [0.25, 0.3) is 5.65 Å². The third-order valence-corrected chi connectivity index (χ3v) is 3.80. The van der Waals surface area contributed by atoms with Gasteiger partial charge in [-0.1, -0.05) is 0 Å². The van der Waals surface area contributed by atoms with Gasteiger partial charge in [-0.25, -0.2) is 18.4 Å². The maximum absolute atomic E-state index is 11.3. The third-order valence-electron chi connectivity index (χ3n) is 2.87. The van der Waals surface area contributed by atoms with Gasteiger partial charge in [0.1, 0.15) is 15.7 Å². The van der Waals surface area contributed by atoms with Crippen LogP contribution in [-0.2, 0) is 9.84 Å². The van der Waals surface area contributed by atoms with E-state index in [2.05, 4.69) is 15.3 Å². The highest BCUT2D eigenvalue weighted by molar-refractivity contribution is 7.90. The molecule has 20 heavy (non-hydrogen) atoms. The fourth-order valence-electron chi connectivity index (χ4n) is 1.85. The molecule has 0 aliphatic rings. The smallest absolute Gasteiger partial charge is 0.180 e. The van der Waals surface area contributed by atoms with E-state index in [4.69, 9.17) is 0 Å². The van der Waals surface area contributed by atoms with Crippen molar-refractivity contribution < 1.29 is 8.42 Å². The summed E-state index contributed by atoms with van der Waals surface area (Å²) >= 11 is 0. The zero-order valence-electron chi connectivity index (χ0n) is 11.9. The van der Waals surface area contributed by atoms with Gasteiger partial charge in [-0.05, 0) is 6.92 Å². The number of rotatable bonds is 6. The monoisotopic (exact) mass is 297 g/mol. The summed E-state index contributed by atoms with van der Waals surface area (Å²) in [4.78, 5) is 10.6. The Kier molecular flexibility index (Phi) is 4.12. The molecule has 0 bridgehead atoms. The lowest BCUT2D eigenvalue weighted by Gasteiger charge is -2.19. The molecule has 110 valence electrons. The van der Waals surface area contributed by atoms with Gasteiger partial charge in [0, 0.05) is 38.8 Å². The molecule has 2 aromatic heterocycles. The maximum atomic E-state index is 11.3. The minimum absolute atomic E-state index is 0.0868. The van der Waals surface area contributed by atoms with Crippen LogP contribution in [0.1, 0.15) is 6.92 Å². The van der Waals surface area contributed by atoms with Crippen molar-refractivity contribution in [3.05, 3.63) is 18.6 Å². The van der Waals surface area contributed by atoms with Crippen molar-refractivity contribution in [2.45, 2.75) is 6.92 Å². The van der Waals surface area contributed by atoms with Gasteiger partial charge in [0.25, 0.3) is 0 Å². The number of nitrogens with one attached hydrogen (secondary N) is 1. The van der Waals surface area contributed by atoms with Crippen LogP contribution in [0, 0.1) is 0 Å². The summed E-state index contributed by atoms with van der Waals surface area (Å²) < 4.78 is 24.4. The van der Waals surface area contributed by atoms with Crippen LogP contribution in [0.3, 0.4) is 0 Å². The molecular formula is C12H19N5O2S. The van der Waals surface area contributed by atoms with Crippen molar-refractivity contribution in [3.63, 3.8) is 0 Å². The molecule has 1 N–H and O–H groups in total. The van der Waals surface area contributed by atoms with Crippen molar-refractivity contribution in [2.75, 3.05) is 42.4 Å². The molecular weight excluding hydrogens is 278 g/mol. The van der Waals surface area contributed by atoms with Crippen molar-refractivity contribution in [1.82, 2.24) is 14.4 Å². The van der Waals surface area contributed by atoms with Gasteiger partial charge in [-0.3, -0.25) is 0 Å². The van der Waals surface area contributed by atoms with E-state index in [1.807, 2.05) is 35.7 Å². The molecule has 0 aliphatic carbocycles. The van der Waals surface area contributed by atoms with Crippen LogP contribution in [0.2, 0.25) is 0 Å². The predicted molar refractivity (Wildman–Crippen MR) is 80.1 cm³/mol. The van der Waals surface area contributed by atoms with E-state index in [1.54, 1.807) is 6.20 Å². The van der Waals surface area contributed by atoms with Gasteiger partial charge in [0.05, 0.1) is 11.9 Å². The number of anilines is 2. The normalized spacial score (nSPS) is 11.8. The minimum Gasteiger partial charge on any atom is -0.369 e. The van der Waals surface area contributed by atoms with Crippen molar-refractivity contribution >= 4 is 27.1 Å². The second kappa shape index (κ2) is 5.66. The summed E-state index contributed by atoms with van der Waals surface area (Å²) in [6, 6.07) is 0. The molecule has 0 saturated carbocycles. The topological polar surface area (TPSA) is 79.6 Å². The van der Waals surface area contributed by atoms with Crippen molar-refractivity contribution in [2.24, 2.45) is 0 Å². The molecule has 0 aromatic carbocycles. The number of aromatic nitrogens is 3. The zero-order valence-corrected chi connectivity index (χ0v) is 12.7. The highest BCUT2D eigenvalue weighted by Crippen LogP contribution is 2.19. The first-order chi connectivity index (χ1) is 9.40. The number of sulfone groups is 1. The van der Waals surface area contributed by atoms with Gasteiger partial charge in [-0.15, -0.1) is 0 Å². The van der Waals surface area contributed by atoms with Gasteiger partial charge in [0.2, 0.25) is 0 Å². The van der Waals surface area contributed by atoms with Crippen LogP contribution < -0.4 is 10.2 Å². The van der Waals surface area contributed by atoms with E-state index in [1.165, 1.54) is 6.26 Å². The second-order valence-electron chi connectivity index (χ2n) is 4.69. The average molecular weight is 297 g/mol. The molecule has 8 heteroatoms. The van der Waals surface area contributed by atoms with E-state index in [-0.39, 0.29) is 5.75 Å². The fraction of sp³-hybridized carbons (Fsp3) is 0.500. The first kappa shape index (κ1) is 14.6. The molecule has 0 unspecified atom stereocenters. The summed E-state index contributed by atoms with van der Waals surface area (Å²) in [5.41, 5.74) is 0.711. The molecule has 0 amide bonds. The number of hydrogen-bond acceptors (Lipinski definition) is 6. The van der Waals surface area contributed by atoms with Crippen molar-refractivity contribution in [3.8, 4) is 0 Å². The Hall–Kier alpha value is -1.83. The maximum Gasteiger partial charge on any atom is 0.180 e. The standard InChI is InChI=1S/C12H19N5O2S/c1-4-13-10-9-17-6-5-14-11(17)12(15-10)16(2)7-8-20(3,18)19/h5-6,9,13H,4,7-8H2,1-3H3. The summed E-state index contributed by atoms with van der Waals surface area (Å²) in [6.45, 7) is 3.14. The van der Waals surface area contributed by atoms with E-state index >= 15 is 0 Å². The Bertz CT molecular complexity index is 695. The van der Waals surface area contributed by atoms with Crippen LogP contribution in [0.5, 0.6) is 0 Å². The first-order valence-corrected chi connectivity index (χ1v) is 8.43. The Morgan fingerprint density at radius 2 is 2.20 bits per heavy atom. The molecule has 0 radical (unpaired) electrons. The number of fused-ring (bicyclic) bond motifs is 1. The lowest BCUT2D eigenvalue weighted by Crippen LogP contribution is -2.26. The Morgan fingerprint density at radius 1 is 1.45 bits per heavy atom. The zero-order chi connectivity index (χ0) is 14.8. The molecule has 7 nitrogen and oxygen atoms in total. The predicted octanol–water partition coefficient (Wildman–Crippen LogP) is 0.642. The highest BCUT2D eigenvalue weighted by Gasteiger charge is 2.13. The molecule has 2 rings (SSSR count). The highest BCUT2D eigenvalue weighted by atomic mass is 32.2. The summed E-state index contributed by atoms with van der Waals surface area (Å²) in [5, 5.41) is 3.15. The quantitative estimate of drug-likeness (QED) is 0.843. The van der Waals surface area contributed by atoms with Gasteiger partial charge < -0.3 is 14.6 Å². The lowest BCUT2D eigenvalue weighted by atomic mass is 10.5. The Labute approximate surface area is 118 Å². The molecule has 0 atom stereocenters.